The van der Waals surface area contributed by atoms with Gasteiger partial charge < -0.3 is 15.1 Å². The highest BCUT2D eigenvalue weighted by atomic mass is 32.2. The van der Waals surface area contributed by atoms with Gasteiger partial charge in [0.2, 0.25) is 5.91 Å². The van der Waals surface area contributed by atoms with Gasteiger partial charge in [-0.2, -0.15) is 0 Å². The van der Waals surface area contributed by atoms with Crippen molar-refractivity contribution >= 4 is 58.1 Å². The number of nitrogens with zero attached hydrogens (tertiary/aromatic N) is 3. The van der Waals surface area contributed by atoms with E-state index in [1.807, 2.05) is 28.6 Å². The van der Waals surface area contributed by atoms with Gasteiger partial charge in [0.15, 0.2) is 10.0 Å². The minimum atomic E-state index is -1.03. The van der Waals surface area contributed by atoms with Crippen LogP contribution in [-0.4, -0.2) is 67.2 Å². The molecule has 174 valence electrons. The third kappa shape index (κ3) is 8.18. The smallest absolute Gasteiger partial charge is 0.355 e. The molecule has 1 aliphatic rings. The van der Waals surface area contributed by atoms with Gasteiger partial charge in [-0.25, -0.2) is 14.8 Å². The van der Waals surface area contributed by atoms with Gasteiger partial charge in [0.25, 0.3) is 0 Å². The molecule has 0 saturated carbocycles. The molecule has 2 N–H and O–H groups in total. The summed E-state index contributed by atoms with van der Waals surface area (Å²) >= 11 is 6.22. The summed E-state index contributed by atoms with van der Waals surface area (Å²) in [5.41, 5.74) is 0.0582. The molecule has 2 aromatic heterocycles. The fraction of sp³-hybridized carbons (Fsp3) is 0.524. The van der Waals surface area contributed by atoms with E-state index in [9.17, 15) is 14.7 Å². The second kappa shape index (κ2) is 13.3. The number of rotatable bonds is 14. The maximum atomic E-state index is 12.2. The van der Waals surface area contributed by atoms with Crippen molar-refractivity contribution in [3.63, 3.8) is 0 Å². The Balaban J connectivity index is 1.32. The lowest BCUT2D eigenvalue weighted by molar-refractivity contribution is -0.128. The number of thioether (sulfide) groups is 2. The van der Waals surface area contributed by atoms with E-state index < -0.39 is 12.1 Å². The molecule has 1 amide bonds. The van der Waals surface area contributed by atoms with E-state index in [2.05, 4.69) is 9.97 Å². The van der Waals surface area contributed by atoms with E-state index in [0.29, 0.717) is 23.1 Å². The number of amides is 1. The summed E-state index contributed by atoms with van der Waals surface area (Å²) in [5.74, 6) is 0.804. The number of unbranched alkanes of at least 4 members (excludes halogenated alkanes) is 2. The van der Waals surface area contributed by atoms with Crippen LogP contribution in [0.3, 0.4) is 0 Å². The summed E-state index contributed by atoms with van der Waals surface area (Å²) < 4.78 is 1.81. The standard InChI is InChI=1S/C21H27N3O4S4/c25-16(4-2-1-3-11-29-20-22-9-12-30-20)7-5-15-6-8-18(26)24(15)10-13-31-21-23-17(14-32-21)19(27)28/h5,7,9,12,14-16,25H,1-4,6,8,10-11,13H2,(H,27,28)/b7-5+/t15-,16-/m0/s1. The number of likely N-dealkylation sites (tertiary alicyclic amines) is 1. The summed E-state index contributed by atoms with van der Waals surface area (Å²) in [4.78, 5) is 33.3. The number of aromatic carboxylic acids is 1. The quantitative estimate of drug-likeness (QED) is 0.214. The van der Waals surface area contributed by atoms with Crippen molar-refractivity contribution in [1.29, 1.82) is 0 Å². The van der Waals surface area contributed by atoms with E-state index in [4.69, 9.17) is 5.11 Å². The Bertz CT molecular complexity index is 888. The van der Waals surface area contributed by atoms with Gasteiger partial charge in [-0.3, -0.25) is 4.79 Å². The second-order valence-electron chi connectivity index (χ2n) is 7.29. The number of carbonyl (C=O) groups excluding carboxylic acids is 1. The predicted octanol–water partition coefficient (Wildman–Crippen LogP) is 4.65. The number of aliphatic hydroxyl groups excluding tert-OH is 1. The Morgan fingerprint density at radius 1 is 1.25 bits per heavy atom. The van der Waals surface area contributed by atoms with Crippen molar-refractivity contribution in [3.05, 3.63) is 34.8 Å². The maximum absolute atomic E-state index is 12.2. The fourth-order valence-corrected chi connectivity index (χ4v) is 6.84. The summed E-state index contributed by atoms with van der Waals surface area (Å²) in [6.45, 7) is 0.577. The lowest BCUT2D eigenvalue weighted by atomic mass is 10.1. The molecule has 2 aromatic rings. The molecule has 2 atom stereocenters. The van der Waals surface area contributed by atoms with Crippen LogP contribution >= 0.6 is 46.2 Å². The molecule has 7 nitrogen and oxygen atoms in total. The first-order valence-corrected chi connectivity index (χ1v) is 14.3. The van der Waals surface area contributed by atoms with E-state index >= 15 is 0 Å². The number of hydrogen-bond acceptors (Lipinski definition) is 9. The van der Waals surface area contributed by atoms with Crippen molar-refractivity contribution in [1.82, 2.24) is 14.9 Å². The molecule has 3 heterocycles. The van der Waals surface area contributed by atoms with Crippen molar-refractivity contribution in [2.45, 2.75) is 59.4 Å². The second-order valence-corrected chi connectivity index (χ2v) is 11.7. The highest BCUT2D eigenvalue weighted by Gasteiger charge is 2.28. The molecule has 0 aromatic carbocycles. The van der Waals surface area contributed by atoms with Gasteiger partial charge in [0.1, 0.15) is 4.34 Å². The third-order valence-electron chi connectivity index (χ3n) is 4.97. The first-order chi connectivity index (χ1) is 15.5. The van der Waals surface area contributed by atoms with Crippen molar-refractivity contribution < 1.29 is 19.8 Å². The van der Waals surface area contributed by atoms with E-state index in [0.717, 1.165) is 42.2 Å². The molecular formula is C21H27N3O4S4. The average molecular weight is 514 g/mol. The van der Waals surface area contributed by atoms with E-state index in [1.54, 1.807) is 23.1 Å². The summed E-state index contributed by atoms with van der Waals surface area (Å²) in [6, 6.07) is 0.0123. The Hall–Kier alpha value is -1.40. The summed E-state index contributed by atoms with van der Waals surface area (Å²) in [6.07, 6.45) is 10.3. The number of hydrogen-bond donors (Lipinski definition) is 2. The molecular weight excluding hydrogens is 487 g/mol. The number of aromatic nitrogens is 2. The van der Waals surface area contributed by atoms with Gasteiger partial charge in [-0.05, 0) is 19.3 Å². The minimum Gasteiger partial charge on any atom is -0.476 e. The zero-order chi connectivity index (χ0) is 22.8. The number of aliphatic hydroxyl groups is 1. The Labute approximate surface area is 204 Å². The molecule has 11 heteroatoms. The molecule has 1 saturated heterocycles. The van der Waals surface area contributed by atoms with Crippen molar-refractivity contribution in [2.24, 2.45) is 0 Å². The molecule has 0 unspecified atom stereocenters. The van der Waals surface area contributed by atoms with Crippen LogP contribution in [0.25, 0.3) is 0 Å². The highest BCUT2D eigenvalue weighted by Crippen LogP contribution is 2.26. The number of carboxylic acids is 1. The zero-order valence-corrected chi connectivity index (χ0v) is 20.9. The SMILES string of the molecule is O=C(O)c1csc(SCCN2C(=O)CC[C@@H]2/C=C/[C@@H](O)CCCCCSc2nccs2)n1. The van der Waals surface area contributed by atoms with Crippen LogP contribution in [0.1, 0.15) is 49.0 Å². The van der Waals surface area contributed by atoms with Gasteiger partial charge in [-0.1, -0.05) is 48.5 Å². The predicted molar refractivity (Wildman–Crippen MR) is 131 cm³/mol. The van der Waals surface area contributed by atoms with Gasteiger partial charge in [-0.15, -0.1) is 22.7 Å². The van der Waals surface area contributed by atoms with Crippen LogP contribution in [0.2, 0.25) is 0 Å². The monoisotopic (exact) mass is 513 g/mol. The molecule has 0 radical (unpaired) electrons. The van der Waals surface area contributed by atoms with Crippen LogP contribution in [0.4, 0.5) is 0 Å². The van der Waals surface area contributed by atoms with Gasteiger partial charge >= 0.3 is 5.97 Å². The molecule has 0 aliphatic carbocycles. The lowest BCUT2D eigenvalue weighted by Gasteiger charge is -2.22. The van der Waals surface area contributed by atoms with Gasteiger partial charge in [0.05, 0.1) is 12.1 Å². The molecule has 32 heavy (non-hydrogen) atoms. The number of carbonyl (C=O) groups is 2. The molecule has 1 fully saturated rings. The molecule has 1 aliphatic heterocycles. The Morgan fingerprint density at radius 3 is 2.84 bits per heavy atom. The lowest BCUT2D eigenvalue weighted by Crippen LogP contribution is -2.33. The number of thiazole rings is 2. The molecule has 0 spiro atoms. The number of carboxylic acid groups (broad SMARTS) is 1. The van der Waals surface area contributed by atoms with Crippen LogP contribution in [0.15, 0.2) is 37.8 Å². The normalized spacial score (nSPS) is 17.5. The highest BCUT2D eigenvalue weighted by molar-refractivity contribution is 8.01. The Kier molecular flexibility index (Phi) is 10.5. The van der Waals surface area contributed by atoms with E-state index in [-0.39, 0.29) is 17.6 Å². The first-order valence-electron chi connectivity index (χ1n) is 10.5. The van der Waals surface area contributed by atoms with Crippen molar-refractivity contribution in [3.8, 4) is 0 Å². The van der Waals surface area contributed by atoms with E-state index in [1.165, 1.54) is 28.5 Å². The summed E-state index contributed by atoms with van der Waals surface area (Å²) in [5, 5.41) is 22.7. The van der Waals surface area contributed by atoms with Crippen LogP contribution < -0.4 is 0 Å². The van der Waals surface area contributed by atoms with Crippen LogP contribution in [0, 0.1) is 0 Å². The van der Waals surface area contributed by atoms with Crippen LogP contribution in [-0.2, 0) is 4.79 Å². The fourth-order valence-electron chi connectivity index (χ4n) is 3.33. The largest absolute Gasteiger partial charge is 0.476 e. The van der Waals surface area contributed by atoms with Gasteiger partial charge in [0, 0.05) is 41.4 Å². The van der Waals surface area contributed by atoms with Crippen LogP contribution in [0.5, 0.6) is 0 Å². The molecule has 0 bridgehead atoms. The Morgan fingerprint density at radius 2 is 2.09 bits per heavy atom. The third-order valence-corrected chi connectivity index (χ3v) is 9.02. The first kappa shape index (κ1) is 25.2. The average Bonchev–Trinajstić information content (AvgIpc) is 3.52. The van der Waals surface area contributed by atoms with Crippen molar-refractivity contribution in [2.75, 3.05) is 18.1 Å². The molecule has 3 rings (SSSR count). The maximum Gasteiger partial charge on any atom is 0.355 e. The minimum absolute atomic E-state index is 0.0123. The topological polar surface area (TPSA) is 104 Å². The summed E-state index contributed by atoms with van der Waals surface area (Å²) in [7, 11) is 0. The zero-order valence-electron chi connectivity index (χ0n) is 17.6.